The van der Waals surface area contributed by atoms with Crippen molar-refractivity contribution >= 4 is 17.4 Å². The van der Waals surface area contributed by atoms with Crippen LogP contribution in [0.15, 0.2) is 66.9 Å². The van der Waals surface area contributed by atoms with Crippen LogP contribution in [0.25, 0.3) is 0 Å². The fraction of sp³-hybridized carbons (Fsp3) is 0.100. The average Bonchev–Trinajstić information content (AvgIpc) is 3.04. The normalized spacial score (nSPS) is 10.5. The van der Waals surface area contributed by atoms with E-state index in [9.17, 15) is 14.0 Å². The standard InChI is InChI=1S/C20H17FN2O2/c1-14-7-9-15(10-8-14)13-23-11-3-6-18(23)19(24)20(25)22-17-5-2-4-16(21)12-17/h2-12H,13H2,1H3,(H,22,25). The smallest absolute Gasteiger partial charge is 0.298 e. The van der Waals surface area contributed by atoms with Crippen molar-refractivity contribution in [3.05, 3.63) is 89.5 Å². The quantitative estimate of drug-likeness (QED) is 0.569. The van der Waals surface area contributed by atoms with E-state index in [0.717, 1.165) is 17.2 Å². The van der Waals surface area contributed by atoms with Crippen molar-refractivity contribution in [3.63, 3.8) is 0 Å². The number of hydrogen-bond acceptors (Lipinski definition) is 2. The molecule has 0 saturated heterocycles. The molecule has 0 aliphatic carbocycles. The van der Waals surface area contributed by atoms with Gasteiger partial charge in [0.15, 0.2) is 0 Å². The molecular formula is C20H17FN2O2. The highest BCUT2D eigenvalue weighted by Crippen LogP contribution is 2.13. The summed E-state index contributed by atoms with van der Waals surface area (Å²) in [5, 5.41) is 2.43. The molecule has 0 radical (unpaired) electrons. The van der Waals surface area contributed by atoms with Crippen LogP contribution < -0.4 is 5.32 Å². The maximum absolute atomic E-state index is 13.2. The summed E-state index contributed by atoms with van der Waals surface area (Å²) in [6.07, 6.45) is 1.75. The lowest BCUT2D eigenvalue weighted by Crippen LogP contribution is -2.25. The molecular weight excluding hydrogens is 319 g/mol. The summed E-state index contributed by atoms with van der Waals surface area (Å²) >= 11 is 0. The first-order valence-electron chi connectivity index (χ1n) is 7.85. The average molecular weight is 336 g/mol. The summed E-state index contributed by atoms with van der Waals surface area (Å²) in [5.41, 5.74) is 2.72. The Kier molecular flexibility index (Phi) is 4.75. The van der Waals surface area contributed by atoms with Gasteiger partial charge >= 0.3 is 0 Å². The molecule has 25 heavy (non-hydrogen) atoms. The molecule has 3 rings (SSSR count). The number of halogens is 1. The molecule has 3 aromatic rings. The van der Waals surface area contributed by atoms with Crippen molar-refractivity contribution in [2.24, 2.45) is 0 Å². The lowest BCUT2D eigenvalue weighted by atomic mass is 10.1. The second-order valence-electron chi connectivity index (χ2n) is 5.80. The maximum atomic E-state index is 13.2. The number of hydrogen-bond donors (Lipinski definition) is 1. The topological polar surface area (TPSA) is 51.1 Å². The SMILES string of the molecule is Cc1ccc(Cn2cccc2C(=O)C(=O)Nc2cccc(F)c2)cc1. The number of Topliss-reactive ketones (excluding diaryl/α,β-unsaturated/α-hetero) is 1. The number of ketones is 1. The van der Waals surface area contributed by atoms with Gasteiger partial charge in [0, 0.05) is 18.4 Å². The molecule has 0 aliphatic heterocycles. The van der Waals surface area contributed by atoms with Crippen LogP contribution in [-0.2, 0) is 11.3 Å². The first kappa shape index (κ1) is 16.6. The summed E-state index contributed by atoms with van der Waals surface area (Å²) in [6.45, 7) is 2.49. The number of benzene rings is 2. The molecule has 0 unspecified atom stereocenters. The van der Waals surface area contributed by atoms with E-state index in [0.29, 0.717) is 6.54 Å². The minimum Gasteiger partial charge on any atom is -0.340 e. The van der Waals surface area contributed by atoms with Crippen molar-refractivity contribution in [1.29, 1.82) is 0 Å². The summed E-state index contributed by atoms with van der Waals surface area (Å²) in [4.78, 5) is 24.6. The van der Waals surface area contributed by atoms with E-state index < -0.39 is 17.5 Å². The molecule has 1 heterocycles. The molecule has 1 amide bonds. The molecule has 0 spiro atoms. The molecule has 126 valence electrons. The van der Waals surface area contributed by atoms with Crippen LogP contribution in [-0.4, -0.2) is 16.3 Å². The second kappa shape index (κ2) is 7.13. The van der Waals surface area contributed by atoms with Gasteiger partial charge in [-0.3, -0.25) is 9.59 Å². The maximum Gasteiger partial charge on any atom is 0.298 e. The van der Waals surface area contributed by atoms with Crippen LogP contribution in [0.2, 0.25) is 0 Å². The number of aromatic nitrogens is 1. The van der Waals surface area contributed by atoms with Gasteiger partial charge in [0.05, 0.1) is 5.69 Å². The van der Waals surface area contributed by atoms with Gasteiger partial charge in [0.25, 0.3) is 11.7 Å². The van der Waals surface area contributed by atoms with Crippen LogP contribution in [0, 0.1) is 12.7 Å². The largest absolute Gasteiger partial charge is 0.340 e. The van der Waals surface area contributed by atoms with Gasteiger partial charge in [0.2, 0.25) is 0 Å². The zero-order valence-electron chi connectivity index (χ0n) is 13.7. The summed E-state index contributed by atoms with van der Waals surface area (Å²) < 4.78 is 14.9. The van der Waals surface area contributed by atoms with Crippen LogP contribution in [0.4, 0.5) is 10.1 Å². The molecule has 0 aliphatic rings. The number of amides is 1. The zero-order chi connectivity index (χ0) is 17.8. The van der Waals surface area contributed by atoms with Crippen molar-refractivity contribution < 1.29 is 14.0 Å². The Morgan fingerprint density at radius 3 is 2.52 bits per heavy atom. The molecule has 4 nitrogen and oxygen atoms in total. The molecule has 1 N–H and O–H groups in total. The van der Waals surface area contributed by atoms with Gasteiger partial charge in [-0.2, -0.15) is 0 Å². The van der Waals surface area contributed by atoms with E-state index in [1.807, 2.05) is 31.2 Å². The lowest BCUT2D eigenvalue weighted by molar-refractivity contribution is -0.112. The molecule has 0 bridgehead atoms. The number of nitrogens with zero attached hydrogens (tertiary/aromatic N) is 1. The van der Waals surface area contributed by atoms with Crippen molar-refractivity contribution in [1.82, 2.24) is 4.57 Å². The summed E-state index contributed by atoms with van der Waals surface area (Å²) in [6, 6.07) is 16.7. The molecule has 5 heteroatoms. The molecule has 1 aromatic heterocycles. The Morgan fingerprint density at radius 1 is 1.04 bits per heavy atom. The molecule has 2 aromatic carbocycles. The fourth-order valence-electron chi connectivity index (χ4n) is 2.52. The van der Waals surface area contributed by atoms with Crippen LogP contribution in [0.5, 0.6) is 0 Å². The Balaban J connectivity index is 1.75. The van der Waals surface area contributed by atoms with E-state index in [-0.39, 0.29) is 11.4 Å². The minimum atomic E-state index is -0.797. The predicted octanol–water partition coefficient (Wildman–Crippen LogP) is 3.81. The second-order valence-corrected chi connectivity index (χ2v) is 5.80. The zero-order valence-corrected chi connectivity index (χ0v) is 13.7. The van der Waals surface area contributed by atoms with Gasteiger partial charge in [-0.15, -0.1) is 0 Å². The van der Waals surface area contributed by atoms with Crippen molar-refractivity contribution in [2.75, 3.05) is 5.32 Å². The monoisotopic (exact) mass is 336 g/mol. The van der Waals surface area contributed by atoms with Gasteiger partial charge in [-0.1, -0.05) is 35.9 Å². The van der Waals surface area contributed by atoms with Crippen LogP contribution >= 0.6 is 0 Å². The number of rotatable bonds is 5. The van der Waals surface area contributed by atoms with E-state index in [4.69, 9.17) is 0 Å². The Hall–Kier alpha value is -3.21. The molecule has 0 fully saturated rings. The highest BCUT2D eigenvalue weighted by molar-refractivity contribution is 6.46. The van der Waals surface area contributed by atoms with Crippen molar-refractivity contribution in [3.8, 4) is 0 Å². The Labute approximate surface area is 144 Å². The Morgan fingerprint density at radius 2 is 1.80 bits per heavy atom. The van der Waals surface area contributed by atoms with Gasteiger partial charge in [0.1, 0.15) is 5.82 Å². The van der Waals surface area contributed by atoms with Gasteiger partial charge in [-0.25, -0.2) is 4.39 Å². The van der Waals surface area contributed by atoms with Crippen LogP contribution in [0.1, 0.15) is 21.6 Å². The van der Waals surface area contributed by atoms with E-state index in [1.54, 1.807) is 22.9 Å². The predicted molar refractivity (Wildman–Crippen MR) is 94.1 cm³/mol. The summed E-state index contributed by atoms with van der Waals surface area (Å²) in [5.74, 6) is -1.94. The number of carbonyl (C=O) groups is 2. The minimum absolute atomic E-state index is 0.245. The first-order chi connectivity index (χ1) is 12.0. The first-order valence-corrected chi connectivity index (χ1v) is 7.85. The third-order valence-electron chi connectivity index (χ3n) is 3.82. The van der Waals surface area contributed by atoms with E-state index >= 15 is 0 Å². The highest BCUT2D eigenvalue weighted by Gasteiger charge is 2.20. The van der Waals surface area contributed by atoms with Crippen LogP contribution in [0.3, 0.4) is 0 Å². The van der Waals surface area contributed by atoms with Gasteiger partial charge < -0.3 is 9.88 Å². The number of carbonyl (C=O) groups excluding carboxylic acids is 2. The van der Waals surface area contributed by atoms with Gasteiger partial charge in [-0.05, 0) is 42.8 Å². The fourth-order valence-corrected chi connectivity index (χ4v) is 2.52. The lowest BCUT2D eigenvalue weighted by Gasteiger charge is -2.09. The third kappa shape index (κ3) is 4.01. The number of aryl methyl sites for hydroxylation is 1. The molecule has 0 atom stereocenters. The number of nitrogens with one attached hydrogen (secondary N) is 1. The number of anilines is 1. The summed E-state index contributed by atoms with van der Waals surface area (Å²) in [7, 11) is 0. The van der Waals surface area contributed by atoms with E-state index in [1.165, 1.54) is 18.2 Å². The third-order valence-corrected chi connectivity index (χ3v) is 3.82. The Bertz CT molecular complexity index is 913. The highest BCUT2D eigenvalue weighted by atomic mass is 19.1. The molecule has 0 saturated carbocycles. The van der Waals surface area contributed by atoms with Crippen molar-refractivity contribution in [2.45, 2.75) is 13.5 Å². The van der Waals surface area contributed by atoms with E-state index in [2.05, 4.69) is 5.32 Å².